The molecule has 1 aromatic rings. The maximum absolute atomic E-state index is 11.9. The number of carbonyl (C=O) groups excluding carboxylic acids is 1. The molecule has 0 aromatic heterocycles. The van der Waals surface area contributed by atoms with Crippen molar-refractivity contribution in [2.24, 2.45) is 5.92 Å². The molecule has 4 nitrogen and oxygen atoms in total. The number of likely N-dealkylation sites (N-methyl/N-ethyl adjacent to an activating group) is 1. The fraction of sp³-hybridized carbons (Fsp3) is 0.500. The number of amides is 1. The minimum Gasteiger partial charge on any atom is -0.492 e. The Morgan fingerprint density at radius 2 is 2.21 bits per heavy atom. The largest absolute Gasteiger partial charge is 0.492 e. The summed E-state index contributed by atoms with van der Waals surface area (Å²) in [5.41, 5.74) is 1.66. The number of nitrogens with one attached hydrogen (secondary N) is 2. The number of halogens is 1. The molecular weight excluding hydrogens is 264 g/mol. The van der Waals surface area contributed by atoms with Gasteiger partial charge in [0.1, 0.15) is 11.8 Å². The molecule has 0 bridgehead atoms. The molecule has 1 unspecified atom stereocenters. The van der Waals surface area contributed by atoms with Gasteiger partial charge in [0.2, 0.25) is 5.91 Å². The van der Waals surface area contributed by atoms with E-state index in [4.69, 9.17) is 16.3 Å². The predicted molar refractivity (Wildman–Crippen MR) is 76.8 cm³/mol. The van der Waals surface area contributed by atoms with Crippen LogP contribution in [0, 0.1) is 5.92 Å². The van der Waals surface area contributed by atoms with Gasteiger partial charge in [-0.25, -0.2) is 0 Å². The van der Waals surface area contributed by atoms with Crippen LogP contribution in [-0.2, 0) is 4.79 Å². The number of carbonyl (C=O) groups is 1. The van der Waals surface area contributed by atoms with Crippen molar-refractivity contribution in [1.29, 1.82) is 0 Å². The van der Waals surface area contributed by atoms with Crippen molar-refractivity contribution in [2.75, 3.05) is 18.5 Å². The highest BCUT2D eigenvalue weighted by atomic mass is 35.5. The fourth-order valence-corrected chi connectivity index (χ4v) is 2.26. The number of ether oxygens (including phenoxy) is 1. The van der Waals surface area contributed by atoms with Gasteiger partial charge < -0.3 is 15.4 Å². The van der Waals surface area contributed by atoms with E-state index in [1.54, 1.807) is 12.1 Å². The Kier molecular flexibility index (Phi) is 4.32. The van der Waals surface area contributed by atoms with E-state index in [0.717, 1.165) is 17.8 Å². The van der Waals surface area contributed by atoms with Gasteiger partial charge in [0.25, 0.3) is 0 Å². The summed E-state index contributed by atoms with van der Waals surface area (Å²) in [6.45, 7) is 7.44. The molecule has 1 heterocycles. The molecule has 104 valence electrons. The molecule has 0 aliphatic carbocycles. The lowest BCUT2D eigenvalue weighted by Gasteiger charge is -2.13. The van der Waals surface area contributed by atoms with E-state index in [-0.39, 0.29) is 11.9 Å². The fourth-order valence-electron chi connectivity index (χ4n) is 2.04. The lowest BCUT2D eigenvalue weighted by molar-refractivity contribution is -0.117. The van der Waals surface area contributed by atoms with Crippen molar-refractivity contribution in [3.63, 3.8) is 0 Å². The molecule has 1 aliphatic heterocycles. The van der Waals surface area contributed by atoms with E-state index >= 15 is 0 Å². The topological polar surface area (TPSA) is 50.4 Å². The second kappa shape index (κ2) is 5.80. The second-order valence-electron chi connectivity index (χ2n) is 5.05. The van der Waals surface area contributed by atoms with Crippen LogP contribution in [0.25, 0.3) is 0 Å². The van der Waals surface area contributed by atoms with Crippen LogP contribution < -0.4 is 15.4 Å². The zero-order valence-electron chi connectivity index (χ0n) is 11.4. The van der Waals surface area contributed by atoms with Crippen LogP contribution in [-0.4, -0.2) is 19.1 Å². The van der Waals surface area contributed by atoms with E-state index in [1.807, 2.05) is 6.92 Å². The highest BCUT2D eigenvalue weighted by Gasteiger charge is 2.31. The highest BCUT2D eigenvalue weighted by molar-refractivity contribution is 6.32. The number of fused-ring (bicyclic) bond motifs is 1. The Bertz CT molecular complexity index is 489. The average molecular weight is 283 g/mol. The lowest BCUT2D eigenvalue weighted by Crippen LogP contribution is -2.27. The average Bonchev–Trinajstić information content (AvgIpc) is 2.63. The van der Waals surface area contributed by atoms with Gasteiger partial charge in [-0.3, -0.25) is 4.79 Å². The maximum Gasteiger partial charge on any atom is 0.246 e. The van der Waals surface area contributed by atoms with Gasteiger partial charge in [0, 0.05) is 17.3 Å². The standard InChI is InChI=1S/C14H19ClN2O2/c1-4-16-13-9-5-10(15)12(19-7-8(2)3)6-11(9)17-14(13)18/h5-6,8,13,16H,4,7H2,1-3H3,(H,17,18). The summed E-state index contributed by atoms with van der Waals surface area (Å²) < 4.78 is 5.65. The molecule has 1 amide bonds. The van der Waals surface area contributed by atoms with Crippen LogP contribution >= 0.6 is 11.6 Å². The minimum absolute atomic E-state index is 0.0473. The molecule has 1 aromatic carbocycles. The minimum atomic E-state index is -0.323. The SMILES string of the molecule is CCNC1C(=O)Nc2cc(OCC(C)C)c(Cl)cc21. The molecular formula is C14H19ClN2O2. The number of hydrogen-bond donors (Lipinski definition) is 2. The van der Waals surface area contributed by atoms with Crippen LogP contribution in [0.5, 0.6) is 5.75 Å². The summed E-state index contributed by atoms with van der Waals surface area (Å²) in [7, 11) is 0. The Hall–Kier alpha value is -1.26. The molecule has 2 N–H and O–H groups in total. The molecule has 5 heteroatoms. The molecule has 0 radical (unpaired) electrons. The van der Waals surface area contributed by atoms with E-state index in [2.05, 4.69) is 24.5 Å². The van der Waals surface area contributed by atoms with Gasteiger partial charge in [-0.15, -0.1) is 0 Å². The zero-order chi connectivity index (χ0) is 14.0. The van der Waals surface area contributed by atoms with Gasteiger partial charge in [-0.05, 0) is 18.5 Å². The summed E-state index contributed by atoms with van der Waals surface area (Å²) in [5, 5.41) is 6.52. The van der Waals surface area contributed by atoms with Gasteiger partial charge in [0.05, 0.1) is 11.6 Å². The van der Waals surface area contributed by atoms with Gasteiger partial charge in [-0.1, -0.05) is 32.4 Å². The third kappa shape index (κ3) is 3.01. The molecule has 0 spiro atoms. The number of hydrogen-bond acceptors (Lipinski definition) is 3. The van der Waals surface area contributed by atoms with Crippen LogP contribution in [0.15, 0.2) is 12.1 Å². The van der Waals surface area contributed by atoms with E-state index in [0.29, 0.717) is 23.3 Å². The maximum atomic E-state index is 11.9. The first-order chi connectivity index (χ1) is 9.02. The van der Waals surface area contributed by atoms with Gasteiger partial charge >= 0.3 is 0 Å². The van der Waals surface area contributed by atoms with Crippen molar-refractivity contribution in [1.82, 2.24) is 5.32 Å². The Balaban J connectivity index is 2.25. The quantitative estimate of drug-likeness (QED) is 0.873. The normalized spacial score (nSPS) is 17.5. The Morgan fingerprint density at radius 1 is 1.47 bits per heavy atom. The second-order valence-corrected chi connectivity index (χ2v) is 5.46. The van der Waals surface area contributed by atoms with Crippen LogP contribution in [0.4, 0.5) is 5.69 Å². The first-order valence-electron chi connectivity index (χ1n) is 6.53. The number of rotatable bonds is 5. The predicted octanol–water partition coefficient (Wildman–Crippen LogP) is 2.98. The summed E-state index contributed by atoms with van der Waals surface area (Å²) in [4.78, 5) is 11.9. The van der Waals surface area contributed by atoms with Crippen molar-refractivity contribution in [3.8, 4) is 5.75 Å². The summed E-state index contributed by atoms with van der Waals surface area (Å²) in [6, 6.07) is 3.28. The van der Waals surface area contributed by atoms with Crippen LogP contribution in [0.3, 0.4) is 0 Å². The van der Waals surface area contributed by atoms with Crippen LogP contribution in [0.2, 0.25) is 5.02 Å². The molecule has 19 heavy (non-hydrogen) atoms. The molecule has 1 aliphatic rings. The smallest absolute Gasteiger partial charge is 0.246 e. The van der Waals surface area contributed by atoms with Crippen molar-refractivity contribution in [2.45, 2.75) is 26.8 Å². The first kappa shape index (κ1) is 14.2. The van der Waals surface area contributed by atoms with Crippen molar-refractivity contribution in [3.05, 3.63) is 22.7 Å². The Morgan fingerprint density at radius 3 is 2.84 bits per heavy atom. The zero-order valence-corrected chi connectivity index (χ0v) is 12.2. The Labute approximate surface area is 118 Å². The van der Waals surface area contributed by atoms with E-state index < -0.39 is 0 Å². The summed E-state index contributed by atoms with van der Waals surface area (Å²) in [5.74, 6) is 0.994. The van der Waals surface area contributed by atoms with E-state index in [9.17, 15) is 4.79 Å². The van der Waals surface area contributed by atoms with Gasteiger partial charge in [-0.2, -0.15) is 0 Å². The monoisotopic (exact) mass is 282 g/mol. The summed E-state index contributed by atoms with van der Waals surface area (Å²) >= 11 is 6.21. The molecule has 0 fully saturated rings. The first-order valence-corrected chi connectivity index (χ1v) is 6.91. The van der Waals surface area contributed by atoms with Crippen molar-refractivity contribution >= 4 is 23.2 Å². The molecule has 0 saturated carbocycles. The summed E-state index contributed by atoms with van der Waals surface area (Å²) in [6.07, 6.45) is 0. The molecule has 1 atom stereocenters. The van der Waals surface area contributed by atoms with Gasteiger partial charge in [0.15, 0.2) is 0 Å². The number of benzene rings is 1. The lowest BCUT2D eigenvalue weighted by atomic mass is 10.1. The highest BCUT2D eigenvalue weighted by Crippen LogP contribution is 2.38. The third-order valence-electron chi connectivity index (χ3n) is 2.92. The van der Waals surface area contributed by atoms with E-state index in [1.165, 1.54) is 0 Å². The third-order valence-corrected chi connectivity index (χ3v) is 3.21. The van der Waals surface area contributed by atoms with Crippen molar-refractivity contribution < 1.29 is 9.53 Å². The number of anilines is 1. The molecule has 0 saturated heterocycles. The molecule has 2 rings (SSSR count). The van der Waals surface area contributed by atoms with Crippen LogP contribution in [0.1, 0.15) is 32.4 Å².